The zero-order valence-corrected chi connectivity index (χ0v) is 17.5. The summed E-state index contributed by atoms with van der Waals surface area (Å²) in [6, 6.07) is 7.97. The molecule has 1 aliphatic carbocycles. The Kier molecular flexibility index (Phi) is 6.89. The zero-order valence-electron chi connectivity index (χ0n) is 15.3. The SMILES string of the molecule is C#CCCC1(CCCC(=O)N(C)c2ccccc2I)C(C)=CC=C1C. The van der Waals surface area contributed by atoms with Gasteiger partial charge >= 0.3 is 0 Å². The molecule has 0 atom stereocenters. The predicted octanol–water partition coefficient (Wildman–Crippen LogP) is 5.73. The van der Waals surface area contributed by atoms with Crippen molar-refractivity contribution in [2.24, 2.45) is 5.41 Å². The molecule has 1 amide bonds. The number of halogens is 1. The summed E-state index contributed by atoms with van der Waals surface area (Å²) in [7, 11) is 1.86. The Balaban J connectivity index is 2.00. The number of hydrogen-bond donors (Lipinski definition) is 0. The van der Waals surface area contributed by atoms with Crippen molar-refractivity contribution in [1.29, 1.82) is 0 Å². The maximum absolute atomic E-state index is 12.6. The molecule has 2 rings (SSSR count). The number of hydrogen-bond acceptors (Lipinski definition) is 1. The molecule has 2 nitrogen and oxygen atoms in total. The minimum absolute atomic E-state index is 0.0480. The number of benzene rings is 1. The molecule has 0 saturated carbocycles. The molecular weight excluding hydrogens is 421 g/mol. The maximum Gasteiger partial charge on any atom is 0.226 e. The van der Waals surface area contributed by atoms with E-state index >= 15 is 0 Å². The number of terminal acetylenes is 1. The molecule has 1 aliphatic rings. The third kappa shape index (κ3) is 4.36. The lowest BCUT2D eigenvalue weighted by atomic mass is 9.71. The number of carbonyl (C=O) groups is 1. The van der Waals surface area contributed by atoms with Crippen molar-refractivity contribution in [2.75, 3.05) is 11.9 Å². The summed E-state index contributed by atoms with van der Waals surface area (Å²) in [6.07, 6.45) is 14.0. The highest BCUT2D eigenvalue weighted by molar-refractivity contribution is 14.1. The first-order valence-electron chi connectivity index (χ1n) is 8.73. The molecule has 1 aromatic carbocycles. The van der Waals surface area contributed by atoms with E-state index in [1.165, 1.54) is 11.1 Å². The summed E-state index contributed by atoms with van der Waals surface area (Å²) in [5.74, 6) is 2.94. The largest absolute Gasteiger partial charge is 0.314 e. The fraction of sp³-hybridized carbons (Fsp3) is 0.409. The lowest BCUT2D eigenvalue weighted by Gasteiger charge is -2.33. The van der Waals surface area contributed by atoms with Gasteiger partial charge in [0.25, 0.3) is 0 Å². The van der Waals surface area contributed by atoms with Crippen LogP contribution >= 0.6 is 22.6 Å². The summed E-state index contributed by atoms with van der Waals surface area (Å²) in [4.78, 5) is 14.4. The standard InChI is InChI=1S/C22H26INO/c1-5-6-15-22(17(2)13-14-18(22)3)16-9-12-21(25)24(4)20-11-8-7-10-19(20)23/h1,7-8,10-11,13-14H,6,9,12,15-16H2,2-4H3. The van der Waals surface area contributed by atoms with Crippen LogP contribution in [0.2, 0.25) is 0 Å². The molecule has 0 aliphatic heterocycles. The first kappa shape index (κ1) is 19.8. The van der Waals surface area contributed by atoms with Gasteiger partial charge in [-0.25, -0.2) is 0 Å². The van der Waals surface area contributed by atoms with E-state index in [4.69, 9.17) is 6.42 Å². The van der Waals surface area contributed by atoms with Gasteiger partial charge < -0.3 is 4.90 Å². The van der Waals surface area contributed by atoms with Gasteiger partial charge in [-0.15, -0.1) is 12.3 Å². The third-order valence-electron chi connectivity index (χ3n) is 5.37. The molecule has 3 heteroatoms. The van der Waals surface area contributed by atoms with Crippen molar-refractivity contribution in [1.82, 2.24) is 0 Å². The number of rotatable bonds is 7. The molecule has 0 saturated heterocycles. The molecule has 0 aromatic heterocycles. The smallest absolute Gasteiger partial charge is 0.226 e. The quantitative estimate of drug-likeness (QED) is 0.386. The van der Waals surface area contributed by atoms with E-state index in [2.05, 4.69) is 54.5 Å². The fourth-order valence-corrected chi connectivity index (χ4v) is 4.40. The highest BCUT2D eigenvalue weighted by atomic mass is 127. The minimum atomic E-state index is 0.0480. The first-order valence-corrected chi connectivity index (χ1v) is 9.81. The summed E-state index contributed by atoms with van der Waals surface area (Å²) < 4.78 is 1.09. The molecule has 0 N–H and O–H groups in total. The number of carbonyl (C=O) groups excluding carboxylic acids is 1. The van der Waals surface area contributed by atoms with Crippen molar-refractivity contribution in [3.05, 3.63) is 51.1 Å². The second kappa shape index (κ2) is 8.71. The van der Waals surface area contributed by atoms with Gasteiger partial charge in [-0.2, -0.15) is 0 Å². The van der Waals surface area contributed by atoms with Crippen LogP contribution in [0.3, 0.4) is 0 Å². The number of allylic oxidation sites excluding steroid dienone is 4. The summed E-state index contributed by atoms with van der Waals surface area (Å²) in [5.41, 5.74) is 3.77. The van der Waals surface area contributed by atoms with E-state index in [-0.39, 0.29) is 11.3 Å². The maximum atomic E-state index is 12.6. The van der Waals surface area contributed by atoms with E-state index in [1.807, 2.05) is 31.3 Å². The number of amides is 1. The molecular formula is C22H26INO. The van der Waals surface area contributed by atoms with Gasteiger partial charge in [-0.1, -0.05) is 35.4 Å². The average molecular weight is 447 g/mol. The molecule has 0 spiro atoms. The van der Waals surface area contributed by atoms with Gasteiger partial charge in [0.15, 0.2) is 0 Å². The Hall–Kier alpha value is -1.54. The van der Waals surface area contributed by atoms with Crippen molar-refractivity contribution >= 4 is 34.2 Å². The second-order valence-electron chi connectivity index (χ2n) is 6.74. The molecule has 0 radical (unpaired) electrons. The second-order valence-corrected chi connectivity index (χ2v) is 7.91. The van der Waals surface area contributed by atoms with Gasteiger partial charge in [-0.05, 0) is 67.8 Å². The molecule has 1 aromatic rings. The Morgan fingerprint density at radius 3 is 2.44 bits per heavy atom. The summed E-state index contributed by atoms with van der Waals surface area (Å²) >= 11 is 2.27. The van der Waals surface area contributed by atoms with Crippen LogP contribution in [0.1, 0.15) is 46.0 Å². The highest BCUT2D eigenvalue weighted by Gasteiger charge is 2.35. The Bertz CT molecular complexity index is 721. The van der Waals surface area contributed by atoms with E-state index in [1.54, 1.807) is 4.90 Å². The predicted molar refractivity (Wildman–Crippen MR) is 114 cm³/mol. The van der Waals surface area contributed by atoms with Gasteiger partial charge in [0, 0.05) is 28.9 Å². The van der Waals surface area contributed by atoms with Crippen LogP contribution in [0, 0.1) is 21.3 Å². The highest BCUT2D eigenvalue weighted by Crippen LogP contribution is 2.47. The lowest BCUT2D eigenvalue weighted by Crippen LogP contribution is -2.28. The number of para-hydroxylation sites is 1. The van der Waals surface area contributed by atoms with Crippen molar-refractivity contribution in [3.63, 3.8) is 0 Å². The van der Waals surface area contributed by atoms with E-state index in [9.17, 15) is 4.79 Å². The van der Waals surface area contributed by atoms with Gasteiger partial charge in [0.2, 0.25) is 5.91 Å². The van der Waals surface area contributed by atoms with Gasteiger partial charge in [0.1, 0.15) is 0 Å². The van der Waals surface area contributed by atoms with Crippen LogP contribution in [-0.4, -0.2) is 13.0 Å². The fourth-order valence-electron chi connectivity index (χ4n) is 3.65. The lowest BCUT2D eigenvalue weighted by molar-refractivity contribution is -0.118. The average Bonchev–Trinajstić information content (AvgIpc) is 2.88. The number of nitrogens with zero attached hydrogens (tertiary/aromatic N) is 1. The minimum Gasteiger partial charge on any atom is -0.314 e. The van der Waals surface area contributed by atoms with Crippen LogP contribution in [0.25, 0.3) is 0 Å². The molecule has 25 heavy (non-hydrogen) atoms. The van der Waals surface area contributed by atoms with Crippen LogP contribution in [0.4, 0.5) is 5.69 Å². The normalized spacial score (nSPS) is 15.3. The van der Waals surface area contributed by atoms with Crippen LogP contribution in [0.5, 0.6) is 0 Å². The summed E-state index contributed by atoms with van der Waals surface area (Å²) in [6.45, 7) is 4.37. The van der Waals surface area contributed by atoms with Crippen LogP contribution < -0.4 is 4.90 Å². The van der Waals surface area contributed by atoms with E-state index in [0.29, 0.717) is 6.42 Å². The molecule has 0 unspecified atom stereocenters. The summed E-state index contributed by atoms with van der Waals surface area (Å²) in [5, 5.41) is 0. The van der Waals surface area contributed by atoms with Crippen LogP contribution in [-0.2, 0) is 4.79 Å². The number of anilines is 1. The van der Waals surface area contributed by atoms with Gasteiger partial charge in [0.05, 0.1) is 5.69 Å². The van der Waals surface area contributed by atoms with Crippen LogP contribution in [0.15, 0.2) is 47.6 Å². The van der Waals surface area contributed by atoms with E-state index in [0.717, 1.165) is 34.9 Å². The molecule has 132 valence electrons. The molecule has 0 heterocycles. The molecule has 0 bridgehead atoms. The van der Waals surface area contributed by atoms with Crippen molar-refractivity contribution in [2.45, 2.75) is 46.0 Å². The van der Waals surface area contributed by atoms with Gasteiger partial charge in [-0.3, -0.25) is 4.79 Å². The third-order valence-corrected chi connectivity index (χ3v) is 6.28. The Labute approximate surface area is 165 Å². The zero-order chi connectivity index (χ0) is 18.4. The van der Waals surface area contributed by atoms with Crippen molar-refractivity contribution < 1.29 is 4.79 Å². The van der Waals surface area contributed by atoms with E-state index < -0.39 is 0 Å². The Morgan fingerprint density at radius 2 is 1.84 bits per heavy atom. The Morgan fingerprint density at radius 1 is 1.20 bits per heavy atom. The monoisotopic (exact) mass is 447 g/mol. The first-order chi connectivity index (χ1) is 11.9. The molecule has 0 fully saturated rings. The topological polar surface area (TPSA) is 20.3 Å². The van der Waals surface area contributed by atoms with Crippen molar-refractivity contribution in [3.8, 4) is 12.3 Å².